The molecule has 4 atom stereocenters. The van der Waals surface area contributed by atoms with E-state index in [1.165, 1.54) is 6.33 Å². The Bertz CT molecular complexity index is 1180. The van der Waals surface area contributed by atoms with E-state index in [9.17, 15) is 10.2 Å². The number of aromatic nitrogens is 5. The highest BCUT2D eigenvalue weighted by molar-refractivity contribution is 5.86. The van der Waals surface area contributed by atoms with Gasteiger partial charge in [0.05, 0.1) is 5.39 Å². The minimum absolute atomic E-state index is 0.0103. The van der Waals surface area contributed by atoms with Crippen LogP contribution in [0.1, 0.15) is 6.23 Å². The Morgan fingerprint density at radius 3 is 2.90 bits per heavy atom. The van der Waals surface area contributed by atoms with Crippen molar-refractivity contribution >= 4 is 27.9 Å². The zero-order valence-corrected chi connectivity index (χ0v) is 15.2. The fourth-order valence-electron chi connectivity index (χ4n) is 3.48. The van der Waals surface area contributed by atoms with E-state index < -0.39 is 24.5 Å². The Morgan fingerprint density at radius 2 is 2.00 bits per heavy atom. The van der Waals surface area contributed by atoms with E-state index in [2.05, 4.69) is 19.9 Å². The molecule has 0 aliphatic carbocycles. The number of nitrogens with zero attached hydrogens (tertiary/aromatic N) is 5. The SMILES string of the molecule is Nc1ncnc2c1ccn2[C@@H]1O[C@H](COc2ccc3cccnc3n2)[C@@H](O)[C@H]1O. The fourth-order valence-corrected chi connectivity index (χ4v) is 3.48. The number of rotatable bonds is 4. The fraction of sp³-hybridized carbons (Fsp3) is 0.263. The second-order valence-corrected chi connectivity index (χ2v) is 6.78. The van der Waals surface area contributed by atoms with Crippen molar-refractivity contribution < 1.29 is 19.7 Å². The Balaban J connectivity index is 1.34. The van der Waals surface area contributed by atoms with Gasteiger partial charge >= 0.3 is 0 Å². The number of aliphatic hydroxyl groups excluding tert-OH is 2. The summed E-state index contributed by atoms with van der Waals surface area (Å²) in [5.41, 5.74) is 6.93. The first-order valence-corrected chi connectivity index (χ1v) is 9.05. The van der Waals surface area contributed by atoms with E-state index in [-0.39, 0.29) is 6.61 Å². The summed E-state index contributed by atoms with van der Waals surface area (Å²) in [5, 5.41) is 22.5. The number of hydrogen-bond acceptors (Lipinski definition) is 9. The Morgan fingerprint density at radius 1 is 1.10 bits per heavy atom. The molecule has 5 heterocycles. The summed E-state index contributed by atoms with van der Waals surface area (Å²) >= 11 is 0. The molecular formula is C19H18N6O4. The quantitative estimate of drug-likeness (QED) is 0.455. The minimum atomic E-state index is -1.17. The van der Waals surface area contributed by atoms with Gasteiger partial charge in [0.15, 0.2) is 11.9 Å². The van der Waals surface area contributed by atoms with Crippen LogP contribution in [0.4, 0.5) is 5.82 Å². The maximum atomic E-state index is 10.5. The van der Waals surface area contributed by atoms with Crippen molar-refractivity contribution in [2.45, 2.75) is 24.5 Å². The van der Waals surface area contributed by atoms with Crippen LogP contribution < -0.4 is 10.5 Å². The van der Waals surface area contributed by atoms with E-state index in [0.29, 0.717) is 28.4 Å². The van der Waals surface area contributed by atoms with Gasteiger partial charge in [-0.25, -0.2) is 15.0 Å². The maximum absolute atomic E-state index is 10.5. The predicted molar refractivity (Wildman–Crippen MR) is 103 cm³/mol. The molecule has 0 radical (unpaired) electrons. The molecule has 5 rings (SSSR count). The van der Waals surface area contributed by atoms with Crippen LogP contribution in [0, 0.1) is 0 Å². The summed E-state index contributed by atoms with van der Waals surface area (Å²) in [6, 6.07) is 9.05. The molecule has 0 aromatic carbocycles. The van der Waals surface area contributed by atoms with Crippen molar-refractivity contribution in [3.05, 3.63) is 49.1 Å². The highest BCUT2D eigenvalue weighted by atomic mass is 16.6. The van der Waals surface area contributed by atoms with Crippen LogP contribution in [0.15, 0.2) is 49.1 Å². The van der Waals surface area contributed by atoms with Crippen molar-refractivity contribution in [3.8, 4) is 5.88 Å². The highest BCUT2D eigenvalue weighted by Crippen LogP contribution is 2.33. The zero-order valence-electron chi connectivity index (χ0n) is 15.2. The highest BCUT2D eigenvalue weighted by Gasteiger charge is 2.44. The van der Waals surface area contributed by atoms with E-state index in [0.717, 1.165) is 5.39 Å². The Labute approximate surface area is 164 Å². The van der Waals surface area contributed by atoms with Gasteiger partial charge in [0.25, 0.3) is 0 Å². The van der Waals surface area contributed by atoms with Gasteiger partial charge in [-0.15, -0.1) is 0 Å². The largest absolute Gasteiger partial charge is 0.475 e. The molecule has 0 saturated carbocycles. The third kappa shape index (κ3) is 3.03. The van der Waals surface area contributed by atoms with Crippen molar-refractivity contribution in [2.24, 2.45) is 0 Å². The lowest BCUT2D eigenvalue weighted by molar-refractivity contribution is -0.0476. The lowest BCUT2D eigenvalue weighted by atomic mass is 10.1. The van der Waals surface area contributed by atoms with E-state index in [1.807, 2.05) is 18.2 Å². The van der Waals surface area contributed by atoms with Crippen molar-refractivity contribution in [1.29, 1.82) is 0 Å². The van der Waals surface area contributed by atoms with Gasteiger partial charge in [-0.1, -0.05) is 0 Å². The Kier molecular flexibility index (Phi) is 4.23. The zero-order chi connectivity index (χ0) is 20.0. The molecule has 1 aliphatic rings. The summed E-state index contributed by atoms with van der Waals surface area (Å²) in [7, 11) is 0. The van der Waals surface area contributed by atoms with Gasteiger partial charge in [0, 0.05) is 23.8 Å². The van der Waals surface area contributed by atoms with Crippen LogP contribution in [0.3, 0.4) is 0 Å². The van der Waals surface area contributed by atoms with Crippen LogP contribution in [0.25, 0.3) is 22.1 Å². The summed E-state index contributed by atoms with van der Waals surface area (Å²) in [4.78, 5) is 16.7. The van der Waals surface area contributed by atoms with Crippen LogP contribution in [0.5, 0.6) is 5.88 Å². The second-order valence-electron chi connectivity index (χ2n) is 6.78. The van der Waals surface area contributed by atoms with Gasteiger partial charge < -0.3 is 30.0 Å². The van der Waals surface area contributed by atoms with Crippen LogP contribution in [-0.4, -0.2) is 59.6 Å². The van der Waals surface area contributed by atoms with Crippen LogP contribution in [0.2, 0.25) is 0 Å². The number of nitrogens with two attached hydrogens (primary N) is 1. The summed E-state index contributed by atoms with van der Waals surface area (Å²) in [6.45, 7) is 0.0103. The van der Waals surface area contributed by atoms with Gasteiger partial charge in [-0.2, -0.15) is 4.98 Å². The Hall–Kier alpha value is -3.34. The molecule has 4 aromatic heterocycles. The third-order valence-electron chi connectivity index (χ3n) is 4.99. The van der Waals surface area contributed by atoms with Gasteiger partial charge in [-0.05, 0) is 24.3 Å². The van der Waals surface area contributed by atoms with Crippen LogP contribution >= 0.6 is 0 Å². The predicted octanol–water partition coefficient (Wildman–Crippen LogP) is 0.655. The maximum Gasteiger partial charge on any atom is 0.215 e. The number of anilines is 1. The summed E-state index contributed by atoms with van der Waals surface area (Å²) in [6.07, 6.45) is 0.783. The first kappa shape index (κ1) is 17.7. The molecule has 0 bridgehead atoms. The lowest BCUT2D eigenvalue weighted by Crippen LogP contribution is -2.34. The van der Waals surface area contributed by atoms with Crippen molar-refractivity contribution in [2.75, 3.05) is 12.3 Å². The molecule has 4 aromatic rings. The van der Waals surface area contributed by atoms with Gasteiger partial charge in [0.2, 0.25) is 5.88 Å². The number of hydrogen-bond donors (Lipinski definition) is 3. The van der Waals surface area contributed by atoms with E-state index in [4.69, 9.17) is 15.2 Å². The molecule has 148 valence electrons. The van der Waals surface area contributed by atoms with Crippen LogP contribution in [-0.2, 0) is 4.74 Å². The molecule has 10 heteroatoms. The standard InChI is InChI=1S/C19H18N6O4/c20-16-11-5-7-25(18(11)23-9-22-16)19-15(27)14(26)12(29-19)8-28-13-4-3-10-2-1-6-21-17(10)24-13/h1-7,9,12,14-15,19,26-27H,8H2,(H2,20,22,23)/t12-,14-,15-,19-/m1/s1. The van der Waals surface area contributed by atoms with Gasteiger partial charge in [0.1, 0.15) is 42.7 Å². The number of ether oxygens (including phenoxy) is 2. The smallest absolute Gasteiger partial charge is 0.215 e. The third-order valence-corrected chi connectivity index (χ3v) is 4.99. The molecule has 1 saturated heterocycles. The summed E-state index contributed by atoms with van der Waals surface area (Å²) < 4.78 is 13.2. The number of fused-ring (bicyclic) bond motifs is 2. The molecule has 10 nitrogen and oxygen atoms in total. The van der Waals surface area contributed by atoms with Crippen molar-refractivity contribution in [1.82, 2.24) is 24.5 Å². The summed E-state index contributed by atoms with van der Waals surface area (Å²) in [5.74, 6) is 0.689. The van der Waals surface area contributed by atoms with Crippen molar-refractivity contribution in [3.63, 3.8) is 0 Å². The molecule has 4 N–H and O–H groups in total. The molecule has 0 unspecified atom stereocenters. The average Bonchev–Trinajstić information content (AvgIpc) is 3.29. The van der Waals surface area contributed by atoms with Gasteiger partial charge in [-0.3, -0.25) is 0 Å². The molecular weight excluding hydrogens is 376 g/mol. The second kappa shape index (κ2) is 6.92. The number of aliphatic hydroxyl groups is 2. The normalized spacial score (nSPS) is 24.3. The molecule has 1 fully saturated rings. The molecule has 29 heavy (non-hydrogen) atoms. The van der Waals surface area contributed by atoms with E-state index in [1.54, 1.807) is 29.1 Å². The molecule has 1 aliphatic heterocycles. The minimum Gasteiger partial charge on any atom is -0.475 e. The first-order chi connectivity index (χ1) is 14.1. The topological polar surface area (TPSA) is 141 Å². The number of pyridine rings is 2. The average molecular weight is 394 g/mol. The monoisotopic (exact) mass is 394 g/mol. The van der Waals surface area contributed by atoms with E-state index >= 15 is 0 Å². The lowest BCUT2D eigenvalue weighted by Gasteiger charge is -2.17. The number of nitrogen functional groups attached to an aromatic ring is 1. The molecule has 0 spiro atoms. The first-order valence-electron chi connectivity index (χ1n) is 9.05. The molecule has 0 amide bonds.